The third-order valence-corrected chi connectivity index (χ3v) is 2.58. The van der Waals surface area contributed by atoms with E-state index in [1.165, 1.54) is 0 Å². The monoisotopic (exact) mass is 188 g/mol. The number of hydrogen-bond acceptors (Lipinski definition) is 4. The molecule has 12 heavy (non-hydrogen) atoms. The molecule has 0 aromatic rings. The molecule has 0 radical (unpaired) electrons. The Hall–Kier alpha value is -0.220. The molecule has 0 amide bonds. The zero-order valence-electron chi connectivity index (χ0n) is 7.67. The molecule has 1 unspecified atom stereocenters. The van der Waals surface area contributed by atoms with Gasteiger partial charge >= 0.3 is 0 Å². The highest BCUT2D eigenvalue weighted by Crippen LogP contribution is 2.17. The van der Waals surface area contributed by atoms with Crippen molar-refractivity contribution in [2.75, 3.05) is 26.3 Å². The molecule has 1 N–H and O–H groups in total. The molecule has 0 aromatic heterocycles. The van der Waals surface area contributed by atoms with Crippen LogP contribution in [0.25, 0.3) is 0 Å². The Labute approximate surface area is 78.0 Å². The zero-order valence-corrected chi connectivity index (χ0v) is 8.49. The number of rotatable bonds is 4. The third-order valence-electron chi connectivity index (χ3n) is 1.53. The first-order valence-corrected chi connectivity index (χ1v) is 5.23. The molecule has 3 nitrogen and oxygen atoms in total. The summed E-state index contributed by atoms with van der Waals surface area (Å²) in [5, 5.41) is 4.94. The van der Waals surface area contributed by atoms with Gasteiger partial charge in [-0.05, 0) is 6.92 Å². The van der Waals surface area contributed by atoms with Crippen LogP contribution in [0.4, 0.5) is 0 Å². The van der Waals surface area contributed by atoms with E-state index in [0.29, 0.717) is 5.25 Å². The van der Waals surface area contributed by atoms with Crippen molar-refractivity contribution in [1.82, 2.24) is 5.32 Å². The minimum Gasteiger partial charge on any atom is -0.380 e. The van der Waals surface area contributed by atoms with E-state index < -0.39 is 0 Å². The zero-order chi connectivity index (χ0) is 8.81. The lowest BCUT2D eigenvalue weighted by Gasteiger charge is -2.05. The van der Waals surface area contributed by atoms with Gasteiger partial charge in [0.25, 0.3) is 0 Å². The summed E-state index contributed by atoms with van der Waals surface area (Å²) in [7, 11) is 0. The van der Waals surface area contributed by atoms with Gasteiger partial charge in [-0.3, -0.25) is 4.99 Å². The Morgan fingerprint density at radius 3 is 3.17 bits per heavy atom. The predicted molar refractivity (Wildman–Crippen MR) is 53.9 cm³/mol. The summed E-state index contributed by atoms with van der Waals surface area (Å²) in [5.74, 6) is 0. The van der Waals surface area contributed by atoms with Gasteiger partial charge in [0.05, 0.1) is 13.2 Å². The molecule has 0 aliphatic carbocycles. The van der Waals surface area contributed by atoms with Gasteiger partial charge in [0.2, 0.25) is 0 Å². The first kappa shape index (κ1) is 9.86. The van der Waals surface area contributed by atoms with Gasteiger partial charge in [-0.1, -0.05) is 18.7 Å². The van der Waals surface area contributed by atoms with Crippen molar-refractivity contribution in [3.63, 3.8) is 0 Å². The van der Waals surface area contributed by atoms with E-state index in [4.69, 9.17) is 4.74 Å². The van der Waals surface area contributed by atoms with Crippen molar-refractivity contribution in [1.29, 1.82) is 0 Å². The molecule has 1 atom stereocenters. The molecule has 1 aliphatic rings. The summed E-state index contributed by atoms with van der Waals surface area (Å²) in [6.45, 7) is 7.56. The van der Waals surface area contributed by atoms with E-state index in [1.807, 2.05) is 6.92 Å². The second-order valence-electron chi connectivity index (χ2n) is 2.70. The number of ether oxygens (including phenoxy) is 1. The smallest absolute Gasteiger partial charge is 0.156 e. The summed E-state index contributed by atoms with van der Waals surface area (Å²) in [6.07, 6.45) is 0. The molecule has 0 aromatic carbocycles. The lowest BCUT2D eigenvalue weighted by Crippen LogP contribution is -2.24. The second-order valence-corrected chi connectivity index (χ2v) is 4.13. The number of amidine groups is 1. The number of aliphatic imine (C=N–C) groups is 1. The lowest BCUT2D eigenvalue weighted by atomic mass is 10.5. The molecule has 0 saturated carbocycles. The Balaban J connectivity index is 2.00. The molecule has 70 valence electrons. The number of hydrogen-bond donors (Lipinski definition) is 1. The fourth-order valence-electron chi connectivity index (χ4n) is 0.949. The van der Waals surface area contributed by atoms with Gasteiger partial charge in [-0.15, -0.1) is 0 Å². The predicted octanol–water partition coefficient (Wildman–Crippen LogP) is 1.10. The molecule has 0 fully saturated rings. The highest BCUT2D eigenvalue weighted by atomic mass is 32.2. The average molecular weight is 188 g/mol. The first-order valence-electron chi connectivity index (χ1n) is 4.35. The summed E-state index contributed by atoms with van der Waals surface area (Å²) in [6, 6.07) is 0. The Kier molecular flexibility index (Phi) is 4.46. The number of nitrogens with one attached hydrogen (secondary N) is 1. The Morgan fingerprint density at radius 2 is 2.58 bits per heavy atom. The molecular formula is C8H16N2OS. The van der Waals surface area contributed by atoms with E-state index in [1.54, 1.807) is 11.8 Å². The molecule has 4 heteroatoms. The molecule has 0 bridgehead atoms. The quantitative estimate of drug-likeness (QED) is 0.671. The van der Waals surface area contributed by atoms with E-state index in [2.05, 4.69) is 17.2 Å². The van der Waals surface area contributed by atoms with Crippen LogP contribution in [-0.4, -0.2) is 36.7 Å². The van der Waals surface area contributed by atoms with Crippen LogP contribution in [0.3, 0.4) is 0 Å². The van der Waals surface area contributed by atoms with E-state index in [-0.39, 0.29) is 0 Å². The maximum atomic E-state index is 5.19. The summed E-state index contributed by atoms with van der Waals surface area (Å²) in [5.41, 5.74) is 0. The SMILES string of the molecule is CCOCCNC1=NCC(C)S1. The molecule has 1 rings (SSSR count). The van der Waals surface area contributed by atoms with Crippen molar-refractivity contribution in [2.24, 2.45) is 4.99 Å². The maximum Gasteiger partial charge on any atom is 0.156 e. The van der Waals surface area contributed by atoms with Crippen LogP contribution in [0, 0.1) is 0 Å². The lowest BCUT2D eigenvalue weighted by molar-refractivity contribution is 0.153. The van der Waals surface area contributed by atoms with Crippen molar-refractivity contribution in [3.05, 3.63) is 0 Å². The van der Waals surface area contributed by atoms with Crippen LogP contribution in [0.15, 0.2) is 4.99 Å². The minimum atomic E-state index is 0.639. The van der Waals surface area contributed by atoms with Crippen LogP contribution in [0.5, 0.6) is 0 Å². The first-order chi connectivity index (χ1) is 5.83. The van der Waals surface area contributed by atoms with E-state index >= 15 is 0 Å². The van der Waals surface area contributed by atoms with Crippen LogP contribution in [-0.2, 0) is 4.74 Å². The Morgan fingerprint density at radius 1 is 1.75 bits per heavy atom. The minimum absolute atomic E-state index is 0.639. The summed E-state index contributed by atoms with van der Waals surface area (Å²) < 4.78 is 5.19. The topological polar surface area (TPSA) is 33.6 Å². The largest absolute Gasteiger partial charge is 0.380 e. The van der Waals surface area contributed by atoms with Gasteiger partial charge in [0.15, 0.2) is 5.17 Å². The van der Waals surface area contributed by atoms with E-state index in [9.17, 15) is 0 Å². The molecule has 1 aliphatic heterocycles. The van der Waals surface area contributed by atoms with Gasteiger partial charge in [-0.2, -0.15) is 0 Å². The summed E-state index contributed by atoms with van der Waals surface area (Å²) in [4.78, 5) is 4.33. The average Bonchev–Trinajstić information content (AvgIpc) is 2.45. The van der Waals surface area contributed by atoms with Crippen molar-refractivity contribution in [3.8, 4) is 0 Å². The fraction of sp³-hybridized carbons (Fsp3) is 0.875. The second kappa shape index (κ2) is 5.43. The molecule has 0 spiro atoms. The maximum absolute atomic E-state index is 5.19. The van der Waals surface area contributed by atoms with Crippen molar-refractivity contribution < 1.29 is 4.74 Å². The highest BCUT2D eigenvalue weighted by Gasteiger charge is 2.13. The van der Waals surface area contributed by atoms with Crippen LogP contribution >= 0.6 is 11.8 Å². The Bertz CT molecular complexity index is 161. The molecular weight excluding hydrogens is 172 g/mol. The van der Waals surface area contributed by atoms with E-state index in [0.717, 1.165) is 31.5 Å². The third kappa shape index (κ3) is 3.45. The normalized spacial score (nSPS) is 22.5. The fourth-order valence-corrected chi connectivity index (χ4v) is 1.81. The molecule has 0 saturated heterocycles. The van der Waals surface area contributed by atoms with Gasteiger partial charge in [-0.25, -0.2) is 0 Å². The van der Waals surface area contributed by atoms with Crippen LogP contribution in [0.1, 0.15) is 13.8 Å². The van der Waals surface area contributed by atoms with Crippen molar-refractivity contribution in [2.45, 2.75) is 19.1 Å². The number of thioether (sulfide) groups is 1. The van der Waals surface area contributed by atoms with Gasteiger partial charge < -0.3 is 10.1 Å². The van der Waals surface area contributed by atoms with Crippen molar-refractivity contribution >= 4 is 16.9 Å². The van der Waals surface area contributed by atoms with Crippen LogP contribution in [0.2, 0.25) is 0 Å². The highest BCUT2D eigenvalue weighted by molar-refractivity contribution is 8.14. The van der Waals surface area contributed by atoms with Gasteiger partial charge in [0, 0.05) is 18.4 Å². The van der Waals surface area contributed by atoms with Gasteiger partial charge in [0.1, 0.15) is 0 Å². The van der Waals surface area contributed by atoms with Crippen LogP contribution < -0.4 is 5.32 Å². The number of nitrogens with zero attached hydrogens (tertiary/aromatic N) is 1. The summed E-state index contributed by atoms with van der Waals surface area (Å²) >= 11 is 1.81. The standard InChI is InChI=1S/C8H16N2OS/c1-3-11-5-4-9-8-10-6-7(2)12-8/h7H,3-6H2,1-2H3,(H,9,10). The molecule has 1 heterocycles.